The number of aliphatic imine (C=N–C) groups is 1. The Balaban J connectivity index is 1.83. The van der Waals surface area contributed by atoms with Gasteiger partial charge in [0.15, 0.2) is 5.17 Å². The maximum absolute atomic E-state index is 11.9. The SMILES string of the molecule is Cc1ccc(N=C2NC(=O)C[C@H](c3ccccc3)S2)cc1. The summed E-state index contributed by atoms with van der Waals surface area (Å²) < 4.78 is 0. The first-order chi connectivity index (χ1) is 10.2. The first-order valence-corrected chi connectivity index (χ1v) is 7.75. The molecule has 2 aromatic rings. The second kappa shape index (κ2) is 6.14. The predicted octanol–water partition coefficient (Wildman–Crippen LogP) is 3.98. The van der Waals surface area contributed by atoms with Gasteiger partial charge in [-0.1, -0.05) is 59.8 Å². The van der Waals surface area contributed by atoms with E-state index in [2.05, 4.69) is 22.4 Å². The molecule has 0 aliphatic carbocycles. The van der Waals surface area contributed by atoms with Gasteiger partial charge in [0, 0.05) is 11.7 Å². The molecule has 0 saturated carbocycles. The zero-order valence-electron chi connectivity index (χ0n) is 11.7. The average molecular weight is 296 g/mol. The topological polar surface area (TPSA) is 41.5 Å². The van der Waals surface area contributed by atoms with E-state index in [-0.39, 0.29) is 11.2 Å². The molecule has 0 unspecified atom stereocenters. The van der Waals surface area contributed by atoms with Gasteiger partial charge in [-0.2, -0.15) is 0 Å². The van der Waals surface area contributed by atoms with Crippen molar-refractivity contribution in [1.82, 2.24) is 5.32 Å². The number of benzene rings is 2. The van der Waals surface area contributed by atoms with Crippen LogP contribution in [0, 0.1) is 6.92 Å². The summed E-state index contributed by atoms with van der Waals surface area (Å²) in [4.78, 5) is 16.4. The van der Waals surface area contributed by atoms with E-state index in [1.807, 2.05) is 49.4 Å². The fourth-order valence-corrected chi connectivity index (χ4v) is 3.32. The highest BCUT2D eigenvalue weighted by atomic mass is 32.2. The minimum Gasteiger partial charge on any atom is -0.305 e. The quantitative estimate of drug-likeness (QED) is 0.911. The highest BCUT2D eigenvalue weighted by molar-refractivity contribution is 8.14. The molecule has 1 fully saturated rings. The fourth-order valence-electron chi connectivity index (χ4n) is 2.19. The molecule has 1 aliphatic heterocycles. The number of nitrogens with zero attached hydrogens (tertiary/aromatic N) is 1. The van der Waals surface area contributed by atoms with Crippen LogP contribution >= 0.6 is 11.8 Å². The average Bonchev–Trinajstić information content (AvgIpc) is 2.50. The summed E-state index contributed by atoms with van der Waals surface area (Å²) >= 11 is 1.61. The van der Waals surface area contributed by atoms with Gasteiger partial charge in [-0.05, 0) is 24.6 Å². The van der Waals surface area contributed by atoms with Gasteiger partial charge in [0.2, 0.25) is 5.91 Å². The molecular formula is C17H16N2OS. The Labute approximate surface area is 128 Å². The van der Waals surface area contributed by atoms with E-state index in [9.17, 15) is 4.79 Å². The van der Waals surface area contributed by atoms with E-state index in [0.29, 0.717) is 11.6 Å². The maximum Gasteiger partial charge on any atom is 0.227 e. The number of hydrogen-bond acceptors (Lipinski definition) is 3. The Hall–Kier alpha value is -2.07. The normalized spacial score (nSPS) is 20.3. The summed E-state index contributed by atoms with van der Waals surface area (Å²) in [7, 11) is 0. The molecule has 3 rings (SSSR count). The Kier molecular flexibility index (Phi) is 4.06. The highest BCUT2D eigenvalue weighted by Crippen LogP contribution is 2.36. The Morgan fingerprint density at radius 2 is 1.81 bits per heavy atom. The lowest BCUT2D eigenvalue weighted by Gasteiger charge is -2.23. The highest BCUT2D eigenvalue weighted by Gasteiger charge is 2.25. The van der Waals surface area contributed by atoms with E-state index in [1.165, 1.54) is 5.56 Å². The van der Waals surface area contributed by atoms with Crippen LogP contribution in [0.15, 0.2) is 59.6 Å². The third kappa shape index (κ3) is 3.52. The summed E-state index contributed by atoms with van der Waals surface area (Å²) in [5.41, 5.74) is 3.22. The monoisotopic (exact) mass is 296 g/mol. The number of hydrogen-bond donors (Lipinski definition) is 1. The number of carbonyl (C=O) groups excluding carboxylic acids is 1. The third-order valence-electron chi connectivity index (χ3n) is 3.31. The van der Waals surface area contributed by atoms with Crippen LogP contribution in [0.1, 0.15) is 22.8 Å². The van der Waals surface area contributed by atoms with Gasteiger partial charge in [-0.25, -0.2) is 4.99 Å². The molecule has 1 atom stereocenters. The van der Waals surface area contributed by atoms with Crippen molar-refractivity contribution in [2.45, 2.75) is 18.6 Å². The summed E-state index contributed by atoms with van der Waals surface area (Å²) in [5, 5.41) is 3.65. The Bertz CT molecular complexity index is 665. The smallest absolute Gasteiger partial charge is 0.227 e. The molecule has 0 radical (unpaired) electrons. The van der Waals surface area contributed by atoms with Crippen LogP contribution in [0.25, 0.3) is 0 Å². The van der Waals surface area contributed by atoms with Gasteiger partial charge in [-0.3, -0.25) is 4.79 Å². The second-order valence-electron chi connectivity index (χ2n) is 5.02. The number of thioether (sulfide) groups is 1. The summed E-state index contributed by atoms with van der Waals surface area (Å²) in [6.07, 6.45) is 0.488. The minimum absolute atomic E-state index is 0.0217. The van der Waals surface area contributed by atoms with Crippen LogP contribution in [0.2, 0.25) is 0 Å². The largest absolute Gasteiger partial charge is 0.305 e. The third-order valence-corrected chi connectivity index (χ3v) is 4.45. The van der Waals surface area contributed by atoms with Crippen molar-refractivity contribution in [3.63, 3.8) is 0 Å². The van der Waals surface area contributed by atoms with Crippen LogP contribution < -0.4 is 5.32 Å². The lowest BCUT2D eigenvalue weighted by atomic mass is 10.1. The van der Waals surface area contributed by atoms with Crippen molar-refractivity contribution >= 4 is 28.5 Å². The molecule has 21 heavy (non-hydrogen) atoms. The minimum atomic E-state index is 0.0217. The van der Waals surface area contributed by atoms with Gasteiger partial charge in [0.05, 0.1) is 5.69 Å². The molecule has 1 saturated heterocycles. The molecule has 1 aliphatic rings. The lowest BCUT2D eigenvalue weighted by molar-refractivity contribution is -0.119. The zero-order chi connectivity index (χ0) is 14.7. The molecule has 4 heteroatoms. The van der Waals surface area contributed by atoms with Crippen LogP contribution in [-0.2, 0) is 4.79 Å². The van der Waals surface area contributed by atoms with E-state index in [0.717, 1.165) is 11.3 Å². The number of aryl methyl sites for hydroxylation is 1. The lowest BCUT2D eigenvalue weighted by Crippen LogP contribution is -2.34. The van der Waals surface area contributed by atoms with Gasteiger partial charge in [-0.15, -0.1) is 0 Å². The number of carbonyl (C=O) groups is 1. The number of nitrogens with one attached hydrogen (secondary N) is 1. The maximum atomic E-state index is 11.9. The first-order valence-electron chi connectivity index (χ1n) is 6.87. The van der Waals surface area contributed by atoms with Crippen LogP contribution in [0.5, 0.6) is 0 Å². The summed E-state index contributed by atoms with van der Waals surface area (Å²) in [6.45, 7) is 2.04. The van der Waals surface area contributed by atoms with Crippen LogP contribution in [0.3, 0.4) is 0 Å². The van der Waals surface area contributed by atoms with Crippen molar-refractivity contribution in [2.24, 2.45) is 4.99 Å². The van der Waals surface area contributed by atoms with Crippen LogP contribution in [0.4, 0.5) is 5.69 Å². The molecule has 0 aromatic heterocycles. The molecule has 1 heterocycles. The van der Waals surface area contributed by atoms with Crippen molar-refractivity contribution in [2.75, 3.05) is 0 Å². The van der Waals surface area contributed by atoms with Crippen molar-refractivity contribution < 1.29 is 4.79 Å². The predicted molar refractivity (Wildman–Crippen MR) is 87.8 cm³/mol. The van der Waals surface area contributed by atoms with Gasteiger partial charge in [0.1, 0.15) is 0 Å². The molecular weight excluding hydrogens is 280 g/mol. The molecule has 0 spiro atoms. The van der Waals surface area contributed by atoms with Crippen LogP contribution in [-0.4, -0.2) is 11.1 Å². The van der Waals surface area contributed by atoms with Gasteiger partial charge < -0.3 is 5.32 Å². The number of rotatable bonds is 2. The van der Waals surface area contributed by atoms with E-state index in [1.54, 1.807) is 11.8 Å². The van der Waals surface area contributed by atoms with E-state index in [4.69, 9.17) is 0 Å². The number of amides is 1. The molecule has 1 N–H and O–H groups in total. The number of amidine groups is 1. The molecule has 1 amide bonds. The summed E-state index contributed by atoms with van der Waals surface area (Å²) in [5.74, 6) is 0.0217. The van der Waals surface area contributed by atoms with Crippen molar-refractivity contribution in [1.29, 1.82) is 0 Å². The standard InChI is InChI=1S/C17H16N2OS/c1-12-7-9-14(10-8-12)18-17-19-16(20)11-15(21-17)13-5-3-2-4-6-13/h2-10,15H,11H2,1H3,(H,18,19,20)/t15-/m1/s1. The first kappa shape index (κ1) is 13.9. The van der Waals surface area contributed by atoms with Gasteiger partial charge >= 0.3 is 0 Å². The van der Waals surface area contributed by atoms with E-state index >= 15 is 0 Å². The molecule has 0 bridgehead atoms. The van der Waals surface area contributed by atoms with Crippen molar-refractivity contribution in [3.8, 4) is 0 Å². The molecule has 106 valence electrons. The molecule has 2 aromatic carbocycles. The van der Waals surface area contributed by atoms with Crippen molar-refractivity contribution in [3.05, 3.63) is 65.7 Å². The Morgan fingerprint density at radius 1 is 1.10 bits per heavy atom. The second-order valence-corrected chi connectivity index (χ2v) is 6.21. The fraction of sp³-hybridized carbons (Fsp3) is 0.176. The molecule has 3 nitrogen and oxygen atoms in total. The van der Waals surface area contributed by atoms with Gasteiger partial charge in [0.25, 0.3) is 0 Å². The Morgan fingerprint density at radius 3 is 2.52 bits per heavy atom. The van der Waals surface area contributed by atoms with E-state index < -0.39 is 0 Å². The summed E-state index contributed by atoms with van der Waals surface area (Å²) in [6, 6.07) is 18.0. The zero-order valence-corrected chi connectivity index (χ0v) is 12.6.